The maximum Gasteiger partial charge on any atom is 0.404 e. The third-order valence-corrected chi connectivity index (χ3v) is 4.30. The van der Waals surface area contributed by atoms with Crippen molar-refractivity contribution in [1.82, 2.24) is 15.5 Å². The van der Waals surface area contributed by atoms with E-state index in [2.05, 4.69) is 10.6 Å². The summed E-state index contributed by atoms with van der Waals surface area (Å²) >= 11 is 0. The summed E-state index contributed by atoms with van der Waals surface area (Å²) in [6, 6.07) is 4.66. The number of hydrogen-bond acceptors (Lipinski definition) is 3. The van der Waals surface area contributed by atoms with Gasteiger partial charge < -0.3 is 10.6 Å². The topological polar surface area (TPSA) is 61.4 Å². The van der Waals surface area contributed by atoms with Gasteiger partial charge in [0.2, 0.25) is 5.91 Å². The molecule has 1 aromatic carbocycles. The Bertz CT molecular complexity index is 617. The predicted octanol–water partition coefficient (Wildman–Crippen LogP) is 2.08. The second-order valence-electron chi connectivity index (χ2n) is 6.24. The molecular weight excluding hydrogens is 335 g/mol. The molecule has 1 fully saturated rings. The van der Waals surface area contributed by atoms with E-state index in [9.17, 15) is 22.8 Å². The molecule has 8 heteroatoms. The number of amides is 2. The summed E-state index contributed by atoms with van der Waals surface area (Å²) in [4.78, 5) is 24.1. The molecule has 1 aliphatic rings. The highest BCUT2D eigenvalue weighted by molar-refractivity contribution is 5.93. The van der Waals surface area contributed by atoms with Crippen molar-refractivity contribution in [2.24, 2.45) is 0 Å². The lowest BCUT2D eigenvalue weighted by molar-refractivity contribution is -0.194. The Labute approximate surface area is 144 Å². The van der Waals surface area contributed by atoms with Crippen LogP contribution in [0.1, 0.15) is 35.7 Å². The van der Waals surface area contributed by atoms with Crippen LogP contribution in [-0.4, -0.2) is 48.6 Å². The molecule has 138 valence electrons. The number of likely N-dealkylation sites (tertiary alicyclic amines) is 1. The second-order valence-corrected chi connectivity index (χ2v) is 6.24. The van der Waals surface area contributed by atoms with Crippen LogP contribution in [0, 0.1) is 0 Å². The molecule has 0 bridgehead atoms. The van der Waals surface area contributed by atoms with Gasteiger partial charge in [0.25, 0.3) is 5.91 Å². The molecule has 1 aliphatic heterocycles. The molecule has 1 saturated heterocycles. The van der Waals surface area contributed by atoms with Crippen molar-refractivity contribution in [3.8, 4) is 0 Å². The van der Waals surface area contributed by atoms with Gasteiger partial charge in [-0.05, 0) is 30.5 Å². The number of hydrogen-bond donors (Lipinski definition) is 2. The van der Waals surface area contributed by atoms with Gasteiger partial charge in [-0.25, -0.2) is 0 Å². The number of carbonyl (C=O) groups is 2. The first-order valence-corrected chi connectivity index (χ1v) is 8.09. The van der Waals surface area contributed by atoms with Gasteiger partial charge in [0.1, 0.15) is 6.04 Å². The van der Waals surface area contributed by atoms with Crippen molar-refractivity contribution in [3.63, 3.8) is 0 Å². The summed E-state index contributed by atoms with van der Waals surface area (Å²) < 4.78 is 40.0. The normalized spacial score (nSPS) is 21.6. The zero-order valence-electron chi connectivity index (χ0n) is 14.2. The maximum atomic E-state index is 13.3. The molecule has 0 unspecified atom stereocenters. The van der Waals surface area contributed by atoms with Gasteiger partial charge in [-0.3, -0.25) is 14.5 Å². The third kappa shape index (κ3) is 5.19. The fourth-order valence-electron chi connectivity index (χ4n) is 3.13. The number of carbonyl (C=O) groups excluding carboxylic acids is 2. The number of halogens is 3. The summed E-state index contributed by atoms with van der Waals surface area (Å²) in [5.41, 5.74) is 1.14. The van der Waals surface area contributed by atoms with Gasteiger partial charge in [0.05, 0.1) is 0 Å². The first-order chi connectivity index (χ1) is 11.7. The number of nitrogens with zero attached hydrogens (tertiary/aromatic N) is 1. The van der Waals surface area contributed by atoms with Crippen LogP contribution in [0.5, 0.6) is 0 Å². The maximum absolute atomic E-state index is 13.3. The summed E-state index contributed by atoms with van der Waals surface area (Å²) in [5, 5.41) is 5.19. The van der Waals surface area contributed by atoms with Crippen LogP contribution in [0.25, 0.3) is 0 Å². The molecule has 0 radical (unpaired) electrons. The largest absolute Gasteiger partial charge is 0.404 e. The first kappa shape index (κ1) is 19.2. The molecule has 0 saturated carbocycles. The summed E-state index contributed by atoms with van der Waals surface area (Å²) in [7, 11) is 1.51. The molecule has 1 aromatic rings. The van der Waals surface area contributed by atoms with Gasteiger partial charge in [-0.2, -0.15) is 13.2 Å². The number of alkyl halides is 3. The Hall–Kier alpha value is -2.09. The molecule has 2 atom stereocenters. The molecule has 2 amide bonds. The molecule has 5 nitrogen and oxygen atoms in total. The lowest BCUT2D eigenvalue weighted by Crippen LogP contribution is -2.55. The predicted molar refractivity (Wildman–Crippen MR) is 86.9 cm³/mol. The van der Waals surface area contributed by atoms with Crippen LogP contribution in [-0.2, 0) is 11.3 Å². The first-order valence-electron chi connectivity index (χ1n) is 8.09. The Morgan fingerprint density at radius 1 is 1.20 bits per heavy atom. The molecule has 0 spiro atoms. The van der Waals surface area contributed by atoms with Gasteiger partial charge >= 0.3 is 6.18 Å². The lowest BCUT2D eigenvalue weighted by Gasteiger charge is -2.40. The van der Waals surface area contributed by atoms with E-state index in [0.717, 1.165) is 0 Å². The Morgan fingerprint density at radius 2 is 1.84 bits per heavy atom. The molecule has 1 heterocycles. The Balaban J connectivity index is 2.13. The Morgan fingerprint density at radius 3 is 2.36 bits per heavy atom. The monoisotopic (exact) mass is 357 g/mol. The molecule has 0 aliphatic carbocycles. The fraction of sp³-hybridized carbons (Fsp3) is 0.529. The van der Waals surface area contributed by atoms with Crippen molar-refractivity contribution in [2.45, 2.75) is 44.6 Å². The highest BCUT2D eigenvalue weighted by Gasteiger charge is 2.46. The van der Waals surface area contributed by atoms with Crippen LogP contribution < -0.4 is 10.6 Å². The number of piperidine rings is 1. The fourth-order valence-corrected chi connectivity index (χ4v) is 3.13. The minimum Gasteiger partial charge on any atom is -0.355 e. The van der Waals surface area contributed by atoms with E-state index in [4.69, 9.17) is 0 Å². The van der Waals surface area contributed by atoms with Gasteiger partial charge in [-0.15, -0.1) is 0 Å². The second kappa shape index (κ2) is 7.86. The van der Waals surface area contributed by atoms with Gasteiger partial charge in [-0.1, -0.05) is 12.1 Å². The average molecular weight is 357 g/mol. The summed E-state index contributed by atoms with van der Waals surface area (Å²) in [6.07, 6.45) is -4.07. The zero-order valence-corrected chi connectivity index (χ0v) is 14.2. The van der Waals surface area contributed by atoms with E-state index in [1.807, 2.05) is 0 Å². The molecule has 2 N–H and O–H groups in total. The standard InChI is InChI=1S/C17H22F3N3O2/c1-11(24)22-14-7-8-15(17(18,19)20)23(10-14)9-12-3-5-13(6-4-12)16(25)21-2/h3-6,14-15H,7-10H2,1-2H3,(H,21,25)(H,22,24)/t14-,15-/m1/s1. The van der Waals surface area contributed by atoms with E-state index >= 15 is 0 Å². The number of rotatable bonds is 4. The summed E-state index contributed by atoms with van der Waals surface area (Å²) in [6.45, 7) is 1.60. The van der Waals surface area contributed by atoms with Crippen LogP contribution in [0.4, 0.5) is 13.2 Å². The van der Waals surface area contributed by atoms with E-state index in [-0.39, 0.29) is 37.4 Å². The van der Waals surface area contributed by atoms with E-state index in [1.54, 1.807) is 24.3 Å². The SMILES string of the molecule is CNC(=O)c1ccc(CN2C[C@H](NC(C)=O)CC[C@@H]2C(F)(F)F)cc1. The zero-order chi connectivity index (χ0) is 18.6. The molecule has 25 heavy (non-hydrogen) atoms. The number of nitrogens with one attached hydrogen (secondary N) is 2. The van der Waals surface area contributed by atoms with E-state index < -0.39 is 12.2 Å². The Kier molecular flexibility index (Phi) is 6.05. The van der Waals surface area contributed by atoms with Crippen LogP contribution in [0.2, 0.25) is 0 Å². The van der Waals surface area contributed by atoms with Crippen molar-refractivity contribution >= 4 is 11.8 Å². The highest BCUT2D eigenvalue weighted by Crippen LogP contribution is 2.33. The lowest BCUT2D eigenvalue weighted by atomic mass is 9.96. The van der Waals surface area contributed by atoms with Crippen LogP contribution in [0.15, 0.2) is 24.3 Å². The molecular formula is C17H22F3N3O2. The van der Waals surface area contributed by atoms with Crippen LogP contribution >= 0.6 is 0 Å². The average Bonchev–Trinajstić information content (AvgIpc) is 2.53. The van der Waals surface area contributed by atoms with Gasteiger partial charge in [0, 0.05) is 38.7 Å². The van der Waals surface area contributed by atoms with Crippen molar-refractivity contribution in [1.29, 1.82) is 0 Å². The smallest absolute Gasteiger partial charge is 0.355 e. The quantitative estimate of drug-likeness (QED) is 0.867. The minimum atomic E-state index is -4.32. The molecule has 0 aromatic heterocycles. The number of benzene rings is 1. The van der Waals surface area contributed by atoms with Crippen molar-refractivity contribution < 1.29 is 22.8 Å². The third-order valence-electron chi connectivity index (χ3n) is 4.30. The minimum absolute atomic E-state index is 0.0508. The van der Waals surface area contributed by atoms with E-state index in [0.29, 0.717) is 17.5 Å². The van der Waals surface area contributed by atoms with E-state index in [1.165, 1.54) is 18.9 Å². The summed E-state index contributed by atoms with van der Waals surface area (Å²) in [5.74, 6) is -0.492. The van der Waals surface area contributed by atoms with Crippen molar-refractivity contribution in [2.75, 3.05) is 13.6 Å². The van der Waals surface area contributed by atoms with Crippen molar-refractivity contribution in [3.05, 3.63) is 35.4 Å². The molecule has 2 rings (SSSR count). The van der Waals surface area contributed by atoms with Crippen LogP contribution in [0.3, 0.4) is 0 Å². The van der Waals surface area contributed by atoms with Gasteiger partial charge in [0.15, 0.2) is 0 Å². The highest BCUT2D eigenvalue weighted by atomic mass is 19.4.